The molecule has 1 fully saturated rings. The average molecular weight is 317 g/mol. The molecule has 2 heterocycles. The van der Waals surface area contributed by atoms with Crippen molar-refractivity contribution >= 4 is 11.7 Å². The second-order valence-corrected chi connectivity index (χ2v) is 5.80. The number of anilines is 1. The number of likely N-dealkylation sites (tertiary alicyclic amines) is 1. The molecule has 1 aliphatic rings. The molecule has 1 aromatic carbocycles. The highest BCUT2D eigenvalue weighted by Crippen LogP contribution is 2.21. The van der Waals surface area contributed by atoms with E-state index in [1.54, 1.807) is 17.0 Å². The van der Waals surface area contributed by atoms with Crippen molar-refractivity contribution in [1.82, 2.24) is 9.47 Å². The van der Waals surface area contributed by atoms with Crippen LogP contribution in [0, 0.1) is 11.7 Å². The molecule has 3 rings (SSSR count). The molecule has 0 unspecified atom stereocenters. The number of hydrogen-bond donors (Lipinski definition) is 2. The minimum absolute atomic E-state index is 0.156. The molecule has 0 aliphatic carbocycles. The molecule has 2 N–H and O–H groups in total. The summed E-state index contributed by atoms with van der Waals surface area (Å²) >= 11 is 0. The second-order valence-electron chi connectivity index (χ2n) is 5.80. The van der Waals surface area contributed by atoms with E-state index in [1.165, 1.54) is 6.07 Å². The van der Waals surface area contributed by atoms with Crippen molar-refractivity contribution in [2.75, 3.05) is 25.0 Å². The van der Waals surface area contributed by atoms with Gasteiger partial charge in [-0.3, -0.25) is 0 Å². The van der Waals surface area contributed by atoms with Gasteiger partial charge in [-0.15, -0.1) is 0 Å². The molecule has 0 radical (unpaired) electrons. The van der Waals surface area contributed by atoms with Gasteiger partial charge >= 0.3 is 6.03 Å². The molecule has 1 aromatic heterocycles. The maximum Gasteiger partial charge on any atom is 0.321 e. The summed E-state index contributed by atoms with van der Waals surface area (Å²) < 4.78 is 15.8. The van der Waals surface area contributed by atoms with E-state index in [4.69, 9.17) is 5.11 Å². The predicted octanol–water partition coefficient (Wildman–Crippen LogP) is 2.85. The number of piperidine rings is 1. The van der Waals surface area contributed by atoms with Gasteiger partial charge in [-0.05, 0) is 49.1 Å². The molecule has 1 saturated heterocycles. The van der Waals surface area contributed by atoms with Gasteiger partial charge in [-0.2, -0.15) is 0 Å². The van der Waals surface area contributed by atoms with Gasteiger partial charge in [0.15, 0.2) is 0 Å². The molecule has 0 bridgehead atoms. The number of nitrogens with one attached hydrogen (secondary N) is 1. The molecule has 2 aromatic rings. The van der Waals surface area contributed by atoms with E-state index in [9.17, 15) is 9.18 Å². The van der Waals surface area contributed by atoms with Gasteiger partial charge in [0.2, 0.25) is 0 Å². The van der Waals surface area contributed by atoms with Crippen LogP contribution in [0.4, 0.5) is 14.9 Å². The fraction of sp³-hybridized carbons (Fsp3) is 0.353. The van der Waals surface area contributed by atoms with Crippen LogP contribution in [0.2, 0.25) is 0 Å². The molecule has 0 spiro atoms. The number of aliphatic hydroxyl groups excluding tert-OH is 1. The van der Waals surface area contributed by atoms with Gasteiger partial charge in [-0.1, -0.05) is 0 Å². The lowest BCUT2D eigenvalue weighted by atomic mass is 9.98. The first kappa shape index (κ1) is 15.6. The zero-order chi connectivity index (χ0) is 16.2. The van der Waals surface area contributed by atoms with Crippen LogP contribution in [0.15, 0.2) is 42.7 Å². The molecule has 23 heavy (non-hydrogen) atoms. The van der Waals surface area contributed by atoms with E-state index in [0.29, 0.717) is 13.1 Å². The van der Waals surface area contributed by atoms with Crippen LogP contribution in [0.1, 0.15) is 12.8 Å². The number of nitrogens with zero attached hydrogens (tertiary/aromatic N) is 2. The number of hydrogen-bond acceptors (Lipinski definition) is 2. The molecular weight excluding hydrogens is 297 g/mol. The molecule has 1 aliphatic heterocycles. The Morgan fingerprint density at radius 2 is 1.96 bits per heavy atom. The van der Waals surface area contributed by atoms with Crippen LogP contribution in [0.3, 0.4) is 0 Å². The number of rotatable bonds is 3. The maximum atomic E-state index is 14.0. The Morgan fingerprint density at radius 1 is 1.26 bits per heavy atom. The summed E-state index contributed by atoms with van der Waals surface area (Å²) in [7, 11) is 0. The van der Waals surface area contributed by atoms with Gasteiger partial charge in [0.05, 0.1) is 5.69 Å². The average Bonchev–Trinajstić information content (AvgIpc) is 3.11. The molecule has 0 atom stereocenters. The SMILES string of the molecule is O=C(Nc1cc(-n2cccc2)ccc1F)N1CCC(CO)CC1. The van der Waals surface area contributed by atoms with Gasteiger partial charge in [0, 0.05) is 37.8 Å². The van der Waals surface area contributed by atoms with Gasteiger partial charge in [0.1, 0.15) is 5.82 Å². The Morgan fingerprint density at radius 3 is 2.61 bits per heavy atom. The normalized spacial score (nSPS) is 15.7. The zero-order valence-electron chi connectivity index (χ0n) is 12.8. The van der Waals surface area contributed by atoms with Crippen molar-refractivity contribution in [3.63, 3.8) is 0 Å². The highest BCUT2D eigenvalue weighted by Gasteiger charge is 2.22. The van der Waals surface area contributed by atoms with Crippen LogP contribution in [-0.4, -0.2) is 40.3 Å². The number of carbonyl (C=O) groups is 1. The van der Waals surface area contributed by atoms with E-state index in [2.05, 4.69) is 5.32 Å². The fourth-order valence-corrected chi connectivity index (χ4v) is 2.79. The lowest BCUT2D eigenvalue weighted by Gasteiger charge is -2.31. The minimum atomic E-state index is -0.459. The lowest BCUT2D eigenvalue weighted by molar-refractivity contribution is 0.143. The van der Waals surface area contributed by atoms with E-state index in [1.807, 2.05) is 29.1 Å². The molecule has 0 saturated carbocycles. The number of urea groups is 1. The van der Waals surface area contributed by atoms with E-state index in [-0.39, 0.29) is 24.2 Å². The highest BCUT2D eigenvalue weighted by molar-refractivity contribution is 5.89. The van der Waals surface area contributed by atoms with E-state index in [0.717, 1.165) is 18.5 Å². The summed E-state index contributed by atoms with van der Waals surface area (Å²) in [5.74, 6) is -0.202. The quantitative estimate of drug-likeness (QED) is 0.914. The number of aromatic nitrogens is 1. The smallest absolute Gasteiger partial charge is 0.321 e. The Balaban J connectivity index is 1.70. The van der Waals surface area contributed by atoms with Crippen molar-refractivity contribution in [2.45, 2.75) is 12.8 Å². The van der Waals surface area contributed by atoms with Crippen molar-refractivity contribution in [3.05, 3.63) is 48.5 Å². The second kappa shape index (κ2) is 6.83. The summed E-state index contributed by atoms with van der Waals surface area (Å²) in [5, 5.41) is 11.8. The summed E-state index contributed by atoms with van der Waals surface area (Å²) in [4.78, 5) is 14.0. The zero-order valence-corrected chi connectivity index (χ0v) is 12.8. The Kier molecular flexibility index (Phi) is 4.62. The van der Waals surface area contributed by atoms with Gasteiger partial charge < -0.3 is 19.9 Å². The number of amides is 2. The molecule has 122 valence electrons. The molecule has 6 heteroatoms. The first-order valence-electron chi connectivity index (χ1n) is 7.77. The van der Waals surface area contributed by atoms with Gasteiger partial charge in [-0.25, -0.2) is 9.18 Å². The standard InChI is InChI=1S/C17H20FN3O2/c18-15-4-3-14(20-7-1-2-8-20)11-16(15)19-17(23)21-9-5-13(12-22)6-10-21/h1-4,7-8,11,13,22H,5-6,9-10,12H2,(H,19,23). The number of aliphatic hydroxyl groups is 1. The first-order chi connectivity index (χ1) is 11.2. The van der Waals surface area contributed by atoms with Crippen molar-refractivity contribution in [1.29, 1.82) is 0 Å². The Labute approximate surface area is 134 Å². The largest absolute Gasteiger partial charge is 0.396 e. The van der Waals surface area contributed by atoms with Crippen molar-refractivity contribution in [2.24, 2.45) is 5.92 Å². The molecule has 2 amide bonds. The number of carbonyl (C=O) groups excluding carboxylic acids is 1. The Bertz CT molecular complexity index is 664. The molecule has 5 nitrogen and oxygen atoms in total. The van der Waals surface area contributed by atoms with Gasteiger partial charge in [0.25, 0.3) is 0 Å². The monoisotopic (exact) mass is 317 g/mol. The molecular formula is C17H20FN3O2. The van der Waals surface area contributed by atoms with Crippen molar-refractivity contribution in [3.8, 4) is 5.69 Å². The van der Waals surface area contributed by atoms with Crippen LogP contribution < -0.4 is 5.32 Å². The topological polar surface area (TPSA) is 57.5 Å². The third kappa shape index (κ3) is 3.53. The highest BCUT2D eigenvalue weighted by atomic mass is 19.1. The minimum Gasteiger partial charge on any atom is -0.396 e. The van der Waals surface area contributed by atoms with Crippen LogP contribution >= 0.6 is 0 Å². The third-order valence-corrected chi connectivity index (χ3v) is 4.25. The maximum absolute atomic E-state index is 14.0. The summed E-state index contributed by atoms with van der Waals surface area (Å²) in [6, 6.07) is 8.10. The predicted molar refractivity (Wildman–Crippen MR) is 86.1 cm³/mol. The fourth-order valence-electron chi connectivity index (χ4n) is 2.79. The van der Waals surface area contributed by atoms with Crippen LogP contribution in [-0.2, 0) is 0 Å². The summed E-state index contributed by atoms with van der Waals surface area (Å²) in [5.41, 5.74) is 0.955. The van der Waals surface area contributed by atoms with E-state index < -0.39 is 5.82 Å². The van der Waals surface area contributed by atoms with E-state index >= 15 is 0 Å². The number of benzene rings is 1. The first-order valence-corrected chi connectivity index (χ1v) is 7.77. The lowest BCUT2D eigenvalue weighted by Crippen LogP contribution is -2.41. The van der Waals surface area contributed by atoms with Crippen LogP contribution in [0.25, 0.3) is 5.69 Å². The third-order valence-electron chi connectivity index (χ3n) is 4.25. The van der Waals surface area contributed by atoms with Crippen molar-refractivity contribution < 1.29 is 14.3 Å². The Hall–Kier alpha value is -2.34. The summed E-state index contributed by atoms with van der Waals surface area (Å²) in [6.07, 6.45) is 5.27. The number of halogens is 1. The summed E-state index contributed by atoms with van der Waals surface area (Å²) in [6.45, 7) is 1.31. The van der Waals surface area contributed by atoms with Crippen LogP contribution in [0.5, 0.6) is 0 Å².